The predicted molar refractivity (Wildman–Crippen MR) is 91.3 cm³/mol. The van der Waals surface area contributed by atoms with Gasteiger partial charge in [-0.3, -0.25) is 9.80 Å². The standard InChI is InChI=1S/C18H27N3O/c1-2-9-19-10-8-18(22)17(15-19)21-13-11-20(12-14-21)16-6-4-3-5-7-16/h2-7,17-18,22H,1,8-15H2. The molecule has 120 valence electrons. The van der Waals surface area contributed by atoms with Crippen LogP contribution in [0.1, 0.15) is 6.42 Å². The SMILES string of the molecule is C=CCN1CCC(O)C(N2CCN(c3ccccc3)CC2)C1. The Hall–Kier alpha value is -1.36. The van der Waals surface area contributed by atoms with E-state index in [2.05, 4.69) is 51.6 Å². The summed E-state index contributed by atoms with van der Waals surface area (Å²) in [5, 5.41) is 10.4. The van der Waals surface area contributed by atoms with E-state index in [0.717, 1.165) is 52.2 Å². The van der Waals surface area contributed by atoms with Gasteiger partial charge < -0.3 is 10.0 Å². The number of nitrogens with zero attached hydrogens (tertiary/aromatic N) is 3. The molecule has 0 bridgehead atoms. The molecule has 0 aromatic heterocycles. The number of aliphatic hydroxyl groups excluding tert-OH is 1. The third-order valence-corrected chi connectivity index (χ3v) is 4.92. The van der Waals surface area contributed by atoms with Crippen LogP contribution in [0.15, 0.2) is 43.0 Å². The van der Waals surface area contributed by atoms with E-state index < -0.39 is 0 Å². The number of para-hydroxylation sites is 1. The highest BCUT2D eigenvalue weighted by Gasteiger charge is 2.33. The molecule has 2 aliphatic heterocycles. The summed E-state index contributed by atoms with van der Waals surface area (Å²) in [5.74, 6) is 0. The average molecular weight is 301 g/mol. The van der Waals surface area contributed by atoms with Gasteiger partial charge in [-0.05, 0) is 18.6 Å². The summed E-state index contributed by atoms with van der Waals surface area (Å²) in [6, 6.07) is 10.9. The maximum Gasteiger partial charge on any atom is 0.0720 e. The zero-order valence-corrected chi connectivity index (χ0v) is 13.3. The number of likely N-dealkylation sites (tertiary alicyclic amines) is 1. The van der Waals surface area contributed by atoms with Crippen molar-refractivity contribution in [3.63, 3.8) is 0 Å². The third kappa shape index (κ3) is 3.51. The fourth-order valence-electron chi connectivity index (χ4n) is 3.64. The Balaban J connectivity index is 1.57. The maximum absolute atomic E-state index is 10.4. The lowest BCUT2D eigenvalue weighted by Crippen LogP contribution is -2.59. The fourth-order valence-corrected chi connectivity index (χ4v) is 3.64. The first-order valence-corrected chi connectivity index (χ1v) is 8.33. The van der Waals surface area contributed by atoms with Crippen LogP contribution in [0, 0.1) is 0 Å². The van der Waals surface area contributed by atoms with Crippen molar-refractivity contribution in [2.24, 2.45) is 0 Å². The molecule has 1 aromatic rings. The van der Waals surface area contributed by atoms with E-state index in [1.165, 1.54) is 5.69 Å². The fraction of sp³-hybridized carbons (Fsp3) is 0.556. The normalized spacial score (nSPS) is 27.8. The van der Waals surface area contributed by atoms with Gasteiger partial charge in [0, 0.05) is 57.5 Å². The molecule has 0 radical (unpaired) electrons. The minimum atomic E-state index is -0.190. The lowest BCUT2D eigenvalue weighted by Gasteiger charge is -2.45. The molecule has 2 fully saturated rings. The highest BCUT2D eigenvalue weighted by molar-refractivity contribution is 5.46. The lowest BCUT2D eigenvalue weighted by molar-refractivity contribution is -0.0105. The number of anilines is 1. The third-order valence-electron chi connectivity index (χ3n) is 4.92. The van der Waals surface area contributed by atoms with Gasteiger partial charge in [0.2, 0.25) is 0 Å². The van der Waals surface area contributed by atoms with E-state index in [4.69, 9.17) is 0 Å². The summed E-state index contributed by atoms with van der Waals surface area (Å²) in [6.07, 6.45) is 2.64. The van der Waals surface area contributed by atoms with Gasteiger partial charge in [0.05, 0.1) is 6.10 Å². The lowest BCUT2D eigenvalue weighted by atomic mass is 9.99. The molecule has 0 saturated carbocycles. The van der Waals surface area contributed by atoms with E-state index in [-0.39, 0.29) is 12.1 Å². The van der Waals surface area contributed by atoms with Crippen molar-refractivity contribution >= 4 is 5.69 Å². The molecule has 2 saturated heterocycles. The van der Waals surface area contributed by atoms with Gasteiger partial charge >= 0.3 is 0 Å². The topological polar surface area (TPSA) is 30.0 Å². The van der Waals surface area contributed by atoms with Crippen LogP contribution in [0.4, 0.5) is 5.69 Å². The summed E-state index contributed by atoms with van der Waals surface area (Å²) < 4.78 is 0. The predicted octanol–water partition coefficient (Wildman–Crippen LogP) is 1.43. The second kappa shape index (κ2) is 7.27. The average Bonchev–Trinajstić information content (AvgIpc) is 2.58. The number of piperidine rings is 1. The van der Waals surface area contributed by atoms with Gasteiger partial charge in [-0.1, -0.05) is 24.3 Å². The van der Waals surface area contributed by atoms with Crippen LogP contribution >= 0.6 is 0 Å². The number of benzene rings is 1. The molecule has 22 heavy (non-hydrogen) atoms. The maximum atomic E-state index is 10.4. The first kappa shape index (κ1) is 15.5. The molecule has 2 aliphatic rings. The number of rotatable bonds is 4. The quantitative estimate of drug-likeness (QED) is 0.852. The summed E-state index contributed by atoms with van der Waals surface area (Å²) in [6.45, 7) is 10.8. The van der Waals surface area contributed by atoms with Crippen LogP contribution in [0.3, 0.4) is 0 Å². The Morgan fingerprint density at radius 3 is 2.50 bits per heavy atom. The van der Waals surface area contributed by atoms with Crippen molar-refractivity contribution in [2.45, 2.75) is 18.6 Å². The monoisotopic (exact) mass is 301 g/mol. The van der Waals surface area contributed by atoms with Crippen molar-refractivity contribution in [3.8, 4) is 0 Å². The van der Waals surface area contributed by atoms with Gasteiger partial charge in [0.1, 0.15) is 0 Å². The highest BCUT2D eigenvalue weighted by Crippen LogP contribution is 2.21. The summed E-state index contributed by atoms with van der Waals surface area (Å²) in [7, 11) is 0. The van der Waals surface area contributed by atoms with Gasteiger partial charge in [-0.2, -0.15) is 0 Å². The Bertz CT molecular complexity index is 470. The molecule has 1 N–H and O–H groups in total. The summed E-state index contributed by atoms with van der Waals surface area (Å²) >= 11 is 0. The molecule has 0 aliphatic carbocycles. The van der Waals surface area contributed by atoms with E-state index in [1.807, 2.05) is 6.08 Å². The van der Waals surface area contributed by atoms with E-state index in [9.17, 15) is 5.11 Å². The second-order valence-corrected chi connectivity index (χ2v) is 6.33. The van der Waals surface area contributed by atoms with Crippen LogP contribution < -0.4 is 4.90 Å². The van der Waals surface area contributed by atoms with Crippen molar-refractivity contribution in [2.75, 3.05) is 50.7 Å². The van der Waals surface area contributed by atoms with E-state index >= 15 is 0 Å². The Morgan fingerprint density at radius 2 is 1.82 bits per heavy atom. The molecular formula is C18H27N3O. The minimum absolute atomic E-state index is 0.190. The smallest absolute Gasteiger partial charge is 0.0720 e. The number of hydrogen-bond acceptors (Lipinski definition) is 4. The molecule has 2 unspecified atom stereocenters. The molecule has 2 heterocycles. The van der Waals surface area contributed by atoms with Gasteiger partial charge in [0.25, 0.3) is 0 Å². The molecule has 0 spiro atoms. The molecule has 3 rings (SSSR count). The van der Waals surface area contributed by atoms with Crippen LogP contribution in [0.2, 0.25) is 0 Å². The van der Waals surface area contributed by atoms with Crippen LogP contribution in [0.25, 0.3) is 0 Å². The van der Waals surface area contributed by atoms with E-state index in [0.29, 0.717) is 0 Å². The summed E-state index contributed by atoms with van der Waals surface area (Å²) in [5.41, 5.74) is 1.31. The minimum Gasteiger partial charge on any atom is -0.391 e. The van der Waals surface area contributed by atoms with Crippen LogP contribution in [-0.4, -0.2) is 72.9 Å². The number of piperazine rings is 1. The molecule has 2 atom stereocenters. The summed E-state index contributed by atoms with van der Waals surface area (Å²) in [4.78, 5) is 7.31. The zero-order valence-electron chi connectivity index (χ0n) is 13.3. The van der Waals surface area contributed by atoms with Crippen LogP contribution in [-0.2, 0) is 0 Å². The second-order valence-electron chi connectivity index (χ2n) is 6.33. The molecule has 1 aromatic carbocycles. The Kier molecular flexibility index (Phi) is 5.13. The molecule has 0 amide bonds. The van der Waals surface area contributed by atoms with E-state index in [1.54, 1.807) is 0 Å². The highest BCUT2D eigenvalue weighted by atomic mass is 16.3. The zero-order chi connectivity index (χ0) is 15.4. The largest absolute Gasteiger partial charge is 0.391 e. The van der Waals surface area contributed by atoms with Gasteiger partial charge in [-0.25, -0.2) is 0 Å². The van der Waals surface area contributed by atoms with Crippen LogP contribution in [0.5, 0.6) is 0 Å². The molecular weight excluding hydrogens is 274 g/mol. The van der Waals surface area contributed by atoms with Gasteiger partial charge in [-0.15, -0.1) is 6.58 Å². The van der Waals surface area contributed by atoms with Crippen molar-refractivity contribution in [1.29, 1.82) is 0 Å². The van der Waals surface area contributed by atoms with Crippen molar-refractivity contribution < 1.29 is 5.11 Å². The first-order valence-electron chi connectivity index (χ1n) is 8.33. The Labute approximate surface area is 133 Å². The first-order chi connectivity index (χ1) is 10.8. The molecule has 4 nitrogen and oxygen atoms in total. The Morgan fingerprint density at radius 1 is 1.09 bits per heavy atom. The van der Waals surface area contributed by atoms with Crippen molar-refractivity contribution in [3.05, 3.63) is 43.0 Å². The van der Waals surface area contributed by atoms with Gasteiger partial charge in [0.15, 0.2) is 0 Å². The molecule has 4 heteroatoms. The number of hydrogen-bond donors (Lipinski definition) is 1. The van der Waals surface area contributed by atoms with Crippen molar-refractivity contribution in [1.82, 2.24) is 9.80 Å². The number of aliphatic hydroxyl groups is 1.